The predicted octanol–water partition coefficient (Wildman–Crippen LogP) is 2.67. The molecule has 0 radical (unpaired) electrons. The zero-order valence-corrected chi connectivity index (χ0v) is 9.86. The van der Waals surface area contributed by atoms with Gasteiger partial charge in [0.05, 0.1) is 7.57 Å². The molecule has 1 aromatic rings. The molecule has 0 bridgehead atoms. The number of hydrogen-bond donors (Lipinski definition) is 2. The number of rotatable bonds is 2. The second kappa shape index (κ2) is 3.77. The van der Waals surface area contributed by atoms with Gasteiger partial charge in [0.2, 0.25) is 0 Å². The topological polar surface area (TPSA) is 74.6 Å². The van der Waals surface area contributed by atoms with Crippen LogP contribution in [-0.4, -0.2) is 22.2 Å². The average molecular weight is 330 g/mol. The summed E-state index contributed by atoms with van der Waals surface area (Å²) in [6.45, 7) is 0. The minimum Gasteiger partial charge on any atom is -0.478 e. The fourth-order valence-electron chi connectivity index (χ4n) is 0.759. The molecule has 0 fully saturated rings. The summed E-state index contributed by atoms with van der Waals surface area (Å²) in [5.41, 5.74) is -0.436. The van der Waals surface area contributed by atoms with E-state index in [0.717, 1.165) is 11.3 Å². The van der Waals surface area contributed by atoms with Crippen LogP contribution >= 0.6 is 43.2 Å². The molecule has 4 nitrogen and oxygen atoms in total. The highest BCUT2D eigenvalue weighted by Gasteiger charge is 2.25. The van der Waals surface area contributed by atoms with Crippen LogP contribution in [0.15, 0.2) is 7.57 Å². The van der Waals surface area contributed by atoms with Gasteiger partial charge in [-0.05, 0) is 31.9 Å². The Kier molecular flexibility index (Phi) is 3.09. The number of halogens is 2. The van der Waals surface area contributed by atoms with Crippen LogP contribution in [0.1, 0.15) is 20.7 Å². The lowest BCUT2D eigenvalue weighted by Crippen LogP contribution is -2.05. The zero-order valence-electron chi connectivity index (χ0n) is 5.88. The molecule has 70 valence electrons. The summed E-state index contributed by atoms with van der Waals surface area (Å²) in [4.78, 5) is 21.3. The molecule has 0 aliphatic heterocycles. The first-order chi connectivity index (χ1) is 5.95. The van der Waals surface area contributed by atoms with Crippen molar-refractivity contribution in [3.63, 3.8) is 0 Å². The van der Waals surface area contributed by atoms with E-state index in [0.29, 0.717) is 7.57 Å². The molecule has 0 aromatic carbocycles. The molecule has 1 aromatic heterocycles. The number of carbonyl (C=O) groups is 2. The van der Waals surface area contributed by atoms with E-state index in [1.54, 1.807) is 0 Å². The first-order valence-electron chi connectivity index (χ1n) is 2.89. The molecule has 0 aliphatic carbocycles. The maximum absolute atomic E-state index is 10.7. The highest BCUT2D eigenvalue weighted by atomic mass is 79.9. The molecule has 0 saturated carbocycles. The van der Waals surface area contributed by atoms with E-state index in [1.807, 2.05) is 0 Å². The monoisotopic (exact) mass is 328 g/mol. The van der Waals surface area contributed by atoms with Crippen LogP contribution in [0, 0.1) is 0 Å². The van der Waals surface area contributed by atoms with Crippen LogP contribution in [0.4, 0.5) is 0 Å². The number of aromatic carboxylic acids is 2. The fraction of sp³-hybridized carbons (Fsp3) is 0. The lowest BCUT2D eigenvalue weighted by molar-refractivity contribution is 0.0651. The van der Waals surface area contributed by atoms with Crippen LogP contribution < -0.4 is 0 Å². The predicted molar refractivity (Wildman–Crippen MR) is 53.6 cm³/mol. The van der Waals surface area contributed by atoms with E-state index in [2.05, 4.69) is 31.9 Å². The Balaban J connectivity index is 3.47. The number of thiophene rings is 1. The van der Waals surface area contributed by atoms with Crippen molar-refractivity contribution in [3.8, 4) is 0 Å². The van der Waals surface area contributed by atoms with Crippen molar-refractivity contribution in [2.24, 2.45) is 0 Å². The lowest BCUT2D eigenvalue weighted by Gasteiger charge is -1.93. The minimum absolute atomic E-state index is 0.218. The molecular weight excluding hydrogens is 328 g/mol. The Morgan fingerprint density at radius 1 is 1.00 bits per heavy atom. The third-order valence-corrected chi connectivity index (χ3v) is 3.78. The van der Waals surface area contributed by atoms with Gasteiger partial charge in [0, 0.05) is 0 Å². The van der Waals surface area contributed by atoms with Crippen LogP contribution in [0.3, 0.4) is 0 Å². The van der Waals surface area contributed by atoms with Gasteiger partial charge in [0.1, 0.15) is 11.1 Å². The van der Waals surface area contributed by atoms with Crippen LogP contribution in [0.2, 0.25) is 0 Å². The molecule has 2 N–H and O–H groups in total. The fourth-order valence-corrected chi connectivity index (χ4v) is 3.86. The largest absolute Gasteiger partial charge is 0.478 e. The maximum atomic E-state index is 10.7. The summed E-state index contributed by atoms with van der Waals surface area (Å²) in [5, 5.41) is 17.4. The van der Waals surface area contributed by atoms with Gasteiger partial charge in [-0.15, -0.1) is 11.3 Å². The van der Waals surface area contributed by atoms with Crippen LogP contribution in [0.5, 0.6) is 0 Å². The third-order valence-electron chi connectivity index (χ3n) is 1.25. The van der Waals surface area contributed by atoms with Gasteiger partial charge in [-0.3, -0.25) is 0 Å². The summed E-state index contributed by atoms with van der Waals surface area (Å²) in [6.07, 6.45) is 0. The Morgan fingerprint density at radius 2 is 1.31 bits per heavy atom. The summed E-state index contributed by atoms with van der Waals surface area (Å²) in [6, 6.07) is 0. The van der Waals surface area contributed by atoms with E-state index in [4.69, 9.17) is 10.2 Å². The summed E-state index contributed by atoms with van der Waals surface area (Å²) in [5.74, 6) is -2.52. The van der Waals surface area contributed by atoms with Crippen molar-refractivity contribution in [1.82, 2.24) is 0 Å². The smallest absolute Gasteiger partial charge is 0.338 e. The zero-order chi connectivity index (χ0) is 10.2. The lowest BCUT2D eigenvalue weighted by atomic mass is 10.2. The Labute approximate surface area is 93.4 Å². The van der Waals surface area contributed by atoms with E-state index < -0.39 is 11.9 Å². The van der Waals surface area contributed by atoms with Crippen molar-refractivity contribution < 1.29 is 19.8 Å². The molecule has 0 aliphatic rings. The molecule has 0 atom stereocenters. The number of carboxylic acids is 2. The minimum atomic E-state index is -1.26. The quantitative estimate of drug-likeness (QED) is 0.874. The first-order valence-corrected chi connectivity index (χ1v) is 5.29. The van der Waals surface area contributed by atoms with E-state index in [9.17, 15) is 9.59 Å². The molecule has 1 heterocycles. The van der Waals surface area contributed by atoms with E-state index in [-0.39, 0.29) is 11.1 Å². The van der Waals surface area contributed by atoms with Gasteiger partial charge in [-0.2, -0.15) is 0 Å². The molecule has 0 amide bonds. The second-order valence-corrected chi connectivity index (χ2v) is 5.67. The molecular formula is C6H2Br2O4S. The Hall–Kier alpha value is -0.400. The normalized spacial score (nSPS) is 10.0. The molecule has 0 spiro atoms. The molecule has 7 heteroatoms. The number of carboxylic acid groups (broad SMARTS) is 2. The maximum Gasteiger partial charge on any atom is 0.338 e. The molecule has 0 saturated heterocycles. The van der Waals surface area contributed by atoms with Gasteiger partial charge in [0.15, 0.2) is 0 Å². The van der Waals surface area contributed by atoms with Gasteiger partial charge < -0.3 is 10.2 Å². The van der Waals surface area contributed by atoms with Gasteiger partial charge in [0.25, 0.3) is 0 Å². The van der Waals surface area contributed by atoms with Gasteiger partial charge in [-0.25, -0.2) is 9.59 Å². The van der Waals surface area contributed by atoms with E-state index in [1.165, 1.54) is 0 Å². The van der Waals surface area contributed by atoms with Crippen molar-refractivity contribution in [3.05, 3.63) is 18.7 Å². The van der Waals surface area contributed by atoms with Crippen LogP contribution in [-0.2, 0) is 0 Å². The Bertz CT molecular complexity index is 350. The highest BCUT2D eigenvalue weighted by Crippen LogP contribution is 2.36. The second-order valence-electron chi connectivity index (χ2n) is 2.01. The summed E-state index contributed by atoms with van der Waals surface area (Å²) in [7, 11) is 0. The van der Waals surface area contributed by atoms with Crippen molar-refractivity contribution >= 4 is 55.1 Å². The van der Waals surface area contributed by atoms with Crippen molar-refractivity contribution in [2.75, 3.05) is 0 Å². The van der Waals surface area contributed by atoms with E-state index >= 15 is 0 Å². The molecule has 1 rings (SSSR count). The first kappa shape index (κ1) is 10.7. The average Bonchev–Trinajstić information content (AvgIpc) is 2.24. The van der Waals surface area contributed by atoms with Gasteiger partial charge in [-0.1, -0.05) is 0 Å². The Morgan fingerprint density at radius 3 is 1.54 bits per heavy atom. The van der Waals surface area contributed by atoms with Crippen molar-refractivity contribution in [2.45, 2.75) is 0 Å². The molecule has 0 unspecified atom stereocenters. The summed E-state index contributed by atoms with van der Waals surface area (Å²) >= 11 is 6.99. The SMILES string of the molecule is O=C(O)c1c(Br)sc(Br)c1C(=O)O. The third kappa shape index (κ3) is 1.92. The molecule has 13 heavy (non-hydrogen) atoms. The van der Waals surface area contributed by atoms with Crippen molar-refractivity contribution in [1.29, 1.82) is 0 Å². The summed E-state index contributed by atoms with van der Waals surface area (Å²) < 4.78 is 0.591. The van der Waals surface area contributed by atoms with Crippen LogP contribution in [0.25, 0.3) is 0 Å². The number of hydrogen-bond acceptors (Lipinski definition) is 3. The highest BCUT2D eigenvalue weighted by molar-refractivity contribution is 9.12. The standard InChI is InChI=1S/C6H2Br2O4S/c7-3-1(5(9)10)2(6(11)12)4(8)13-3/h(H,9,10)(H,11,12). The van der Waals surface area contributed by atoms with Gasteiger partial charge >= 0.3 is 11.9 Å².